The summed E-state index contributed by atoms with van der Waals surface area (Å²) in [6.45, 7) is 0. The van der Waals surface area contributed by atoms with E-state index in [1.807, 2.05) is 91.0 Å². The Hall–Kier alpha value is -4.23. The van der Waals surface area contributed by atoms with Crippen LogP contribution in [0.1, 0.15) is 16.5 Å². The normalized spacial score (nSPS) is 15.2. The molecule has 0 saturated carbocycles. The van der Waals surface area contributed by atoms with E-state index in [0.717, 1.165) is 27.7 Å². The number of nitrogens with zero attached hydrogens (tertiary/aromatic N) is 4. The summed E-state index contributed by atoms with van der Waals surface area (Å²) in [5.74, 6) is 0.620. The smallest absolute Gasteiger partial charge is 0.269 e. The molecule has 1 aliphatic rings. The lowest BCUT2D eigenvalue weighted by molar-refractivity contribution is -0.384. The minimum absolute atomic E-state index is 0.0564. The van der Waals surface area contributed by atoms with Gasteiger partial charge in [0.2, 0.25) is 0 Å². The van der Waals surface area contributed by atoms with E-state index in [1.165, 1.54) is 23.9 Å². The summed E-state index contributed by atoms with van der Waals surface area (Å²) in [7, 11) is 0. The summed E-state index contributed by atoms with van der Waals surface area (Å²) in [6, 6.07) is 36.6. The SMILES string of the molecule is O=[N+]([O-])c1ccc([C@@H]2N=C(c3ccccc3)N=C(N(c3ccccc3)c3ccccc3)S2)cc1. The number of amidine groups is 2. The first-order valence-corrected chi connectivity index (χ1v) is 11.6. The largest absolute Gasteiger partial charge is 0.289 e. The Kier molecular flexibility index (Phi) is 6.18. The van der Waals surface area contributed by atoms with Gasteiger partial charge in [-0.2, -0.15) is 0 Å². The quantitative estimate of drug-likeness (QED) is 0.236. The van der Waals surface area contributed by atoms with E-state index < -0.39 is 4.92 Å². The van der Waals surface area contributed by atoms with E-state index in [2.05, 4.69) is 4.90 Å². The zero-order valence-electron chi connectivity index (χ0n) is 18.1. The fourth-order valence-electron chi connectivity index (χ4n) is 3.64. The number of aliphatic imine (C=N–C) groups is 2. The molecule has 0 amide bonds. The highest BCUT2D eigenvalue weighted by Gasteiger charge is 2.27. The molecule has 1 aliphatic heterocycles. The molecule has 4 aromatic rings. The summed E-state index contributed by atoms with van der Waals surface area (Å²) in [4.78, 5) is 22.7. The lowest BCUT2D eigenvalue weighted by Crippen LogP contribution is -2.27. The summed E-state index contributed by atoms with van der Waals surface area (Å²) >= 11 is 1.51. The molecule has 0 bridgehead atoms. The number of para-hydroxylation sites is 2. The van der Waals surface area contributed by atoms with Gasteiger partial charge in [-0.25, -0.2) is 9.98 Å². The predicted molar refractivity (Wildman–Crippen MR) is 139 cm³/mol. The number of hydrogen-bond donors (Lipinski definition) is 0. The molecular formula is C27H20N4O2S. The Morgan fingerprint density at radius 1 is 0.735 bits per heavy atom. The minimum atomic E-state index is -0.393. The van der Waals surface area contributed by atoms with Crippen LogP contribution < -0.4 is 4.90 Å². The van der Waals surface area contributed by atoms with Crippen molar-refractivity contribution in [1.29, 1.82) is 0 Å². The molecule has 0 aromatic heterocycles. The lowest BCUT2D eigenvalue weighted by Gasteiger charge is -2.30. The molecule has 0 N–H and O–H groups in total. The van der Waals surface area contributed by atoms with Gasteiger partial charge in [0.25, 0.3) is 5.69 Å². The van der Waals surface area contributed by atoms with E-state index in [-0.39, 0.29) is 11.1 Å². The zero-order chi connectivity index (χ0) is 23.3. The van der Waals surface area contributed by atoms with E-state index in [9.17, 15) is 10.1 Å². The van der Waals surface area contributed by atoms with E-state index in [4.69, 9.17) is 9.98 Å². The standard InChI is InChI=1S/C27H20N4O2S/c32-31(33)24-18-16-21(17-19-24)26-28-25(20-10-4-1-5-11-20)29-27(34-26)30(22-12-6-2-7-13-22)23-14-8-3-9-15-23/h1-19,26H/t26-/m1/s1. The van der Waals surface area contributed by atoms with E-state index in [0.29, 0.717) is 5.84 Å². The number of thioether (sulfide) groups is 1. The van der Waals surface area contributed by atoms with Crippen LogP contribution in [0.25, 0.3) is 0 Å². The molecule has 34 heavy (non-hydrogen) atoms. The van der Waals surface area contributed by atoms with Crippen LogP contribution in [0.5, 0.6) is 0 Å². The van der Waals surface area contributed by atoms with Crippen molar-refractivity contribution in [3.63, 3.8) is 0 Å². The summed E-state index contributed by atoms with van der Waals surface area (Å²) in [5.41, 5.74) is 3.81. The monoisotopic (exact) mass is 464 g/mol. The van der Waals surface area contributed by atoms with Crippen LogP contribution in [0, 0.1) is 10.1 Å². The third-order valence-electron chi connectivity index (χ3n) is 5.30. The first-order chi connectivity index (χ1) is 16.7. The predicted octanol–water partition coefficient (Wildman–Crippen LogP) is 6.98. The zero-order valence-corrected chi connectivity index (χ0v) is 18.9. The van der Waals surface area contributed by atoms with Crippen LogP contribution in [-0.4, -0.2) is 15.9 Å². The van der Waals surface area contributed by atoms with Crippen LogP contribution in [0.4, 0.5) is 17.1 Å². The van der Waals surface area contributed by atoms with Crippen molar-refractivity contribution >= 4 is 39.8 Å². The molecule has 0 fully saturated rings. The highest BCUT2D eigenvalue weighted by Crippen LogP contribution is 2.40. The second-order valence-corrected chi connectivity index (χ2v) is 8.59. The molecule has 7 heteroatoms. The average molecular weight is 465 g/mol. The molecule has 1 heterocycles. The van der Waals surface area contributed by atoms with Crippen LogP contribution in [-0.2, 0) is 0 Å². The Bertz CT molecular complexity index is 1300. The number of non-ortho nitro benzene ring substituents is 1. The summed E-state index contributed by atoms with van der Waals surface area (Å²) in [5, 5.41) is 11.6. The second kappa shape index (κ2) is 9.72. The van der Waals surface area contributed by atoms with Gasteiger partial charge in [-0.05, 0) is 42.0 Å². The number of anilines is 2. The number of rotatable bonds is 5. The molecule has 166 valence electrons. The molecule has 0 saturated heterocycles. The maximum absolute atomic E-state index is 11.1. The Labute approximate surface area is 201 Å². The van der Waals surface area contributed by atoms with Crippen molar-refractivity contribution in [3.8, 4) is 0 Å². The van der Waals surface area contributed by atoms with Crippen molar-refractivity contribution in [2.75, 3.05) is 4.90 Å². The van der Waals surface area contributed by atoms with Gasteiger partial charge in [-0.3, -0.25) is 15.0 Å². The number of hydrogen-bond acceptors (Lipinski definition) is 6. The van der Waals surface area contributed by atoms with Crippen LogP contribution in [0.2, 0.25) is 0 Å². The number of nitro groups is 1. The van der Waals surface area contributed by atoms with Crippen LogP contribution in [0.3, 0.4) is 0 Å². The number of nitro benzene ring substituents is 1. The van der Waals surface area contributed by atoms with Crippen LogP contribution in [0.15, 0.2) is 125 Å². The van der Waals surface area contributed by atoms with Gasteiger partial charge < -0.3 is 0 Å². The van der Waals surface area contributed by atoms with Crippen molar-refractivity contribution in [2.24, 2.45) is 9.98 Å². The molecule has 0 aliphatic carbocycles. The van der Waals surface area contributed by atoms with Crippen molar-refractivity contribution in [3.05, 3.63) is 137 Å². The Balaban J connectivity index is 1.62. The molecule has 0 spiro atoms. The van der Waals surface area contributed by atoms with Gasteiger partial charge in [-0.15, -0.1) is 0 Å². The molecule has 5 rings (SSSR count). The molecule has 4 aromatic carbocycles. The summed E-state index contributed by atoms with van der Waals surface area (Å²) < 4.78 is 0. The topological polar surface area (TPSA) is 71.1 Å². The van der Waals surface area contributed by atoms with Crippen molar-refractivity contribution in [1.82, 2.24) is 0 Å². The fraction of sp³-hybridized carbons (Fsp3) is 0.0370. The highest BCUT2D eigenvalue weighted by molar-refractivity contribution is 8.14. The molecule has 0 radical (unpaired) electrons. The average Bonchev–Trinajstić information content (AvgIpc) is 2.90. The molecule has 6 nitrogen and oxygen atoms in total. The van der Waals surface area contributed by atoms with Gasteiger partial charge in [0, 0.05) is 29.1 Å². The van der Waals surface area contributed by atoms with E-state index in [1.54, 1.807) is 12.1 Å². The van der Waals surface area contributed by atoms with Crippen LogP contribution >= 0.6 is 11.8 Å². The van der Waals surface area contributed by atoms with Gasteiger partial charge in [0.15, 0.2) is 11.0 Å². The maximum Gasteiger partial charge on any atom is 0.269 e. The lowest BCUT2D eigenvalue weighted by atomic mass is 10.2. The van der Waals surface area contributed by atoms with E-state index >= 15 is 0 Å². The number of benzene rings is 4. The minimum Gasteiger partial charge on any atom is -0.289 e. The summed E-state index contributed by atoms with van der Waals surface area (Å²) in [6.07, 6.45) is 0. The molecule has 0 unspecified atom stereocenters. The Morgan fingerprint density at radius 3 is 1.79 bits per heavy atom. The Morgan fingerprint density at radius 2 is 1.26 bits per heavy atom. The van der Waals surface area contributed by atoms with Gasteiger partial charge in [0.1, 0.15) is 5.37 Å². The van der Waals surface area contributed by atoms with Gasteiger partial charge >= 0.3 is 0 Å². The van der Waals surface area contributed by atoms with Gasteiger partial charge in [0.05, 0.1) is 4.92 Å². The first-order valence-electron chi connectivity index (χ1n) is 10.7. The highest BCUT2D eigenvalue weighted by atomic mass is 32.2. The first kappa shape index (κ1) is 21.6. The third kappa shape index (κ3) is 4.60. The fourth-order valence-corrected chi connectivity index (χ4v) is 4.74. The van der Waals surface area contributed by atoms with Crippen molar-refractivity contribution in [2.45, 2.75) is 5.37 Å². The second-order valence-electron chi connectivity index (χ2n) is 7.54. The third-order valence-corrected chi connectivity index (χ3v) is 6.38. The molecule has 1 atom stereocenters. The van der Waals surface area contributed by atoms with Crippen molar-refractivity contribution < 1.29 is 4.92 Å². The van der Waals surface area contributed by atoms with Gasteiger partial charge in [-0.1, -0.05) is 78.5 Å². The maximum atomic E-state index is 11.1. The molecular weight excluding hydrogens is 444 g/mol.